The van der Waals surface area contributed by atoms with Gasteiger partial charge < -0.3 is 4.74 Å². The third kappa shape index (κ3) is 1.66. The first kappa shape index (κ1) is 9.94. The number of halogens is 1. The van der Waals surface area contributed by atoms with Gasteiger partial charge in [-0.15, -0.1) is 0 Å². The zero-order chi connectivity index (χ0) is 10.8. The number of methoxy groups -OCH3 is 1. The highest BCUT2D eigenvalue weighted by molar-refractivity contribution is 9.10. The smallest absolute Gasteiger partial charge is 0.119 e. The van der Waals surface area contributed by atoms with Gasteiger partial charge in [-0.05, 0) is 34.1 Å². The van der Waals surface area contributed by atoms with Crippen molar-refractivity contribution in [1.82, 2.24) is 4.98 Å². The molecule has 2 aromatic rings. The van der Waals surface area contributed by atoms with Gasteiger partial charge in [-0.2, -0.15) is 5.26 Å². The van der Waals surface area contributed by atoms with Gasteiger partial charge in [0, 0.05) is 16.1 Å². The van der Waals surface area contributed by atoms with Gasteiger partial charge in [0.25, 0.3) is 0 Å². The van der Waals surface area contributed by atoms with Crippen LogP contribution < -0.4 is 4.74 Å². The Labute approximate surface area is 95.4 Å². The fourth-order valence-corrected chi connectivity index (χ4v) is 1.85. The van der Waals surface area contributed by atoms with Gasteiger partial charge >= 0.3 is 0 Å². The molecule has 0 aliphatic carbocycles. The Morgan fingerprint density at radius 3 is 2.93 bits per heavy atom. The minimum absolute atomic E-state index is 0.524. The molecule has 0 bridgehead atoms. The number of hydrogen-bond acceptors (Lipinski definition) is 3. The Morgan fingerprint density at radius 2 is 2.27 bits per heavy atom. The zero-order valence-electron chi connectivity index (χ0n) is 7.99. The van der Waals surface area contributed by atoms with Crippen LogP contribution in [0.1, 0.15) is 5.56 Å². The van der Waals surface area contributed by atoms with Crippen LogP contribution in [0.5, 0.6) is 5.75 Å². The Morgan fingerprint density at radius 1 is 1.47 bits per heavy atom. The number of pyridine rings is 1. The van der Waals surface area contributed by atoms with Crippen molar-refractivity contribution in [3.8, 4) is 11.8 Å². The van der Waals surface area contributed by atoms with Crippen molar-refractivity contribution in [2.45, 2.75) is 0 Å². The van der Waals surface area contributed by atoms with Crippen molar-refractivity contribution >= 4 is 26.8 Å². The molecule has 0 amide bonds. The summed E-state index contributed by atoms with van der Waals surface area (Å²) >= 11 is 3.39. The molecule has 0 radical (unpaired) electrons. The fourth-order valence-electron chi connectivity index (χ4n) is 1.34. The topological polar surface area (TPSA) is 45.9 Å². The zero-order valence-corrected chi connectivity index (χ0v) is 9.58. The van der Waals surface area contributed by atoms with Gasteiger partial charge in [0.2, 0.25) is 0 Å². The molecule has 0 aliphatic rings. The average Bonchev–Trinajstić information content (AvgIpc) is 2.29. The van der Waals surface area contributed by atoms with Crippen molar-refractivity contribution in [2.24, 2.45) is 0 Å². The van der Waals surface area contributed by atoms with E-state index in [9.17, 15) is 0 Å². The summed E-state index contributed by atoms with van der Waals surface area (Å²) in [5.41, 5.74) is 1.36. The quantitative estimate of drug-likeness (QED) is 0.794. The maximum Gasteiger partial charge on any atom is 0.119 e. The van der Waals surface area contributed by atoms with E-state index in [-0.39, 0.29) is 0 Å². The van der Waals surface area contributed by atoms with Crippen LogP contribution in [0.25, 0.3) is 10.9 Å². The van der Waals surface area contributed by atoms with Crippen LogP contribution >= 0.6 is 15.9 Å². The molecule has 3 nitrogen and oxygen atoms in total. The van der Waals surface area contributed by atoms with E-state index in [1.807, 2.05) is 18.2 Å². The van der Waals surface area contributed by atoms with Crippen molar-refractivity contribution in [1.29, 1.82) is 5.26 Å². The van der Waals surface area contributed by atoms with Crippen molar-refractivity contribution in [3.63, 3.8) is 0 Å². The van der Waals surface area contributed by atoms with E-state index in [4.69, 9.17) is 10.00 Å². The van der Waals surface area contributed by atoms with Crippen LogP contribution in [-0.4, -0.2) is 12.1 Å². The first-order valence-corrected chi connectivity index (χ1v) is 5.08. The molecule has 1 heterocycles. The Balaban J connectivity index is 2.79. The maximum absolute atomic E-state index is 8.85. The van der Waals surface area contributed by atoms with E-state index in [1.54, 1.807) is 13.3 Å². The molecule has 15 heavy (non-hydrogen) atoms. The van der Waals surface area contributed by atoms with Gasteiger partial charge in [0.15, 0.2) is 0 Å². The van der Waals surface area contributed by atoms with E-state index in [2.05, 4.69) is 27.0 Å². The Hall–Kier alpha value is -1.60. The first-order valence-electron chi connectivity index (χ1n) is 4.28. The molecule has 0 atom stereocenters. The van der Waals surface area contributed by atoms with E-state index < -0.39 is 0 Å². The summed E-state index contributed by atoms with van der Waals surface area (Å²) in [6.07, 6.45) is 1.55. The number of hydrogen-bond donors (Lipinski definition) is 0. The SMILES string of the molecule is COc1ccc2ncc(C#N)c(Br)c2c1. The predicted molar refractivity (Wildman–Crippen MR) is 60.7 cm³/mol. The van der Waals surface area contributed by atoms with E-state index in [0.29, 0.717) is 5.56 Å². The van der Waals surface area contributed by atoms with E-state index in [1.165, 1.54) is 0 Å². The lowest BCUT2D eigenvalue weighted by Gasteiger charge is -2.04. The van der Waals surface area contributed by atoms with Crippen molar-refractivity contribution in [3.05, 3.63) is 34.4 Å². The summed E-state index contributed by atoms with van der Waals surface area (Å²) in [4.78, 5) is 4.18. The fraction of sp³-hybridized carbons (Fsp3) is 0.0909. The number of nitrogens with zero attached hydrogens (tertiary/aromatic N) is 2. The van der Waals surface area contributed by atoms with Crippen molar-refractivity contribution in [2.75, 3.05) is 7.11 Å². The monoisotopic (exact) mass is 262 g/mol. The molecule has 0 saturated carbocycles. The standard InChI is InChI=1S/C11H7BrN2O/c1-15-8-2-3-10-9(4-8)11(12)7(5-13)6-14-10/h2-4,6H,1H3. The molecule has 0 N–H and O–H groups in total. The normalized spacial score (nSPS) is 9.93. The van der Waals surface area contributed by atoms with Crippen LogP contribution in [-0.2, 0) is 0 Å². The average molecular weight is 263 g/mol. The highest BCUT2D eigenvalue weighted by atomic mass is 79.9. The summed E-state index contributed by atoms with van der Waals surface area (Å²) in [6.45, 7) is 0. The third-order valence-corrected chi connectivity index (χ3v) is 2.98. The predicted octanol–water partition coefficient (Wildman–Crippen LogP) is 2.88. The molecule has 1 aromatic carbocycles. The Bertz CT molecular complexity index is 560. The van der Waals surface area contributed by atoms with Gasteiger partial charge in [-0.1, -0.05) is 0 Å². The lowest BCUT2D eigenvalue weighted by molar-refractivity contribution is 0.415. The summed E-state index contributed by atoms with van der Waals surface area (Å²) in [5, 5.41) is 9.74. The highest BCUT2D eigenvalue weighted by Crippen LogP contribution is 2.28. The second-order valence-corrected chi connectivity index (χ2v) is 3.77. The van der Waals surface area contributed by atoms with Crippen molar-refractivity contribution < 1.29 is 4.74 Å². The largest absolute Gasteiger partial charge is 0.497 e. The van der Waals surface area contributed by atoms with Crippen LogP contribution in [0.15, 0.2) is 28.9 Å². The number of ether oxygens (including phenoxy) is 1. The molecule has 0 unspecified atom stereocenters. The van der Waals surface area contributed by atoms with Gasteiger partial charge in [-0.25, -0.2) is 0 Å². The lowest BCUT2D eigenvalue weighted by Crippen LogP contribution is -1.87. The summed E-state index contributed by atoms with van der Waals surface area (Å²) in [5.74, 6) is 0.750. The number of rotatable bonds is 1. The number of aromatic nitrogens is 1. The van der Waals surface area contributed by atoms with E-state index in [0.717, 1.165) is 21.1 Å². The number of nitriles is 1. The van der Waals surface area contributed by atoms with Crippen LogP contribution in [0.3, 0.4) is 0 Å². The third-order valence-electron chi connectivity index (χ3n) is 2.13. The van der Waals surface area contributed by atoms with Gasteiger partial charge in [0.05, 0.1) is 18.2 Å². The van der Waals surface area contributed by atoms with Gasteiger partial charge in [-0.3, -0.25) is 4.98 Å². The lowest BCUT2D eigenvalue weighted by atomic mass is 10.1. The molecular weight excluding hydrogens is 256 g/mol. The Kier molecular flexibility index (Phi) is 2.57. The summed E-state index contributed by atoms with van der Waals surface area (Å²) in [6, 6.07) is 7.63. The molecule has 1 aromatic heterocycles. The summed E-state index contributed by atoms with van der Waals surface area (Å²) in [7, 11) is 1.61. The second-order valence-electron chi connectivity index (χ2n) is 2.98. The van der Waals surface area contributed by atoms with Gasteiger partial charge in [0.1, 0.15) is 11.8 Å². The molecule has 4 heteroatoms. The maximum atomic E-state index is 8.85. The molecule has 0 aliphatic heterocycles. The minimum atomic E-state index is 0.524. The minimum Gasteiger partial charge on any atom is -0.497 e. The highest BCUT2D eigenvalue weighted by Gasteiger charge is 2.06. The molecule has 0 fully saturated rings. The first-order chi connectivity index (χ1) is 7.26. The molecule has 0 saturated heterocycles. The molecule has 0 spiro atoms. The molecule has 2 rings (SSSR count). The molecule has 74 valence electrons. The molecular formula is C11H7BrN2O. The second kappa shape index (κ2) is 3.87. The van der Waals surface area contributed by atoms with Crippen LogP contribution in [0.4, 0.5) is 0 Å². The number of fused-ring (bicyclic) bond motifs is 1. The number of benzene rings is 1. The summed E-state index contributed by atoms with van der Waals surface area (Å²) < 4.78 is 5.88. The van der Waals surface area contributed by atoms with Crippen LogP contribution in [0, 0.1) is 11.3 Å². The van der Waals surface area contributed by atoms with Crippen LogP contribution in [0.2, 0.25) is 0 Å². The van der Waals surface area contributed by atoms with E-state index >= 15 is 0 Å².